The lowest BCUT2D eigenvalue weighted by molar-refractivity contribution is -0.361. The number of carbonyl (C=O) groups is 7. The van der Waals surface area contributed by atoms with Gasteiger partial charge in [0.25, 0.3) is 0 Å². The summed E-state index contributed by atoms with van der Waals surface area (Å²) in [6.45, 7) is 6.20. The van der Waals surface area contributed by atoms with E-state index < -0.39 is 116 Å². The SMILES string of the molecule is CC(=O)OC[C@H]1O[C@H](O[C@@H]2[C@H](OC(C)=O)[C@@H](OC(C)=O)[C@H](OCCCN=[N+]=[N-])O[C@@H]2COC(C)=O)[C@H](OC(C)=O)[C@@H](OC(C)=O)[C@H]1OC(C)=O. The lowest BCUT2D eigenvalue weighted by Crippen LogP contribution is -2.67. The Labute approximate surface area is 285 Å². The first-order valence-corrected chi connectivity index (χ1v) is 15.3. The van der Waals surface area contributed by atoms with Gasteiger partial charge >= 0.3 is 41.8 Å². The average Bonchev–Trinajstić information content (AvgIpc) is 2.99. The van der Waals surface area contributed by atoms with Gasteiger partial charge in [-0.3, -0.25) is 33.6 Å². The number of hydrogen-bond donors (Lipinski definition) is 0. The first kappa shape index (κ1) is 41.6. The highest BCUT2D eigenvalue weighted by atomic mass is 16.8. The smallest absolute Gasteiger partial charge is 0.303 e. The van der Waals surface area contributed by atoms with Crippen molar-refractivity contribution >= 4 is 41.8 Å². The molecule has 0 aliphatic carbocycles. The molecular formula is C29H41N3O18. The van der Waals surface area contributed by atoms with Gasteiger partial charge in [-0.15, -0.1) is 0 Å². The summed E-state index contributed by atoms with van der Waals surface area (Å²) in [4.78, 5) is 87.6. The second-order valence-electron chi connectivity index (χ2n) is 10.8. The molecule has 50 heavy (non-hydrogen) atoms. The minimum Gasteiger partial charge on any atom is -0.463 e. The van der Waals surface area contributed by atoms with Gasteiger partial charge < -0.3 is 52.1 Å². The lowest BCUT2D eigenvalue weighted by Gasteiger charge is -2.48. The van der Waals surface area contributed by atoms with Gasteiger partial charge in [-0.1, -0.05) is 5.11 Å². The minimum absolute atomic E-state index is 0.0420. The van der Waals surface area contributed by atoms with Crippen molar-refractivity contribution in [1.82, 2.24) is 0 Å². The molecule has 0 aromatic heterocycles. The summed E-state index contributed by atoms with van der Waals surface area (Å²) in [7, 11) is 0. The topological polar surface area (TPSA) is 270 Å². The van der Waals surface area contributed by atoms with Crippen LogP contribution in [-0.2, 0) is 85.7 Å². The van der Waals surface area contributed by atoms with Crippen LogP contribution in [0.2, 0.25) is 0 Å². The monoisotopic (exact) mass is 719 g/mol. The molecule has 0 unspecified atom stereocenters. The van der Waals surface area contributed by atoms with Crippen LogP contribution in [0.15, 0.2) is 5.11 Å². The molecule has 2 aliphatic rings. The quantitative estimate of drug-likeness (QED) is 0.0519. The molecule has 2 rings (SSSR count). The lowest BCUT2D eigenvalue weighted by atomic mass is 9.96. The van der Waals surface area contributed by atoms with Crippen molar-refractivity contribution in [3.63, 3.8) is 0 Å². The molecule has 280 valence electrons. The van der Waals surface area contributed by atoms with Gasteiger partial charge in [0.15, 0.2) is 43.1 Å². The Hall–Kier alpha value is -4.56. The Bertz CT molecular complexity index is 1290. The van der Waals surface area contributed by atoms with E-state index in [4.69, 9.17) is 57.6 Å². The van der Waals surface area contributed by atoms with E-state index in [0.717, 1.165) is 48.5 Å². The number of rotatable bonds is 16. The highest BCUT2D eigenvalue weighted by Crippen LogP contribution is 2.35. The molecule has 2 heterocycles. The van der Waals surface area contributed by atoms with Crippen LogP contribution in [0.4, 0.5) is 0 Å². The largest absolute Gasteiger partial charge is 0.463 e. The Kier molecular flexibility index (Phi) is 16.8. The Morgan fingerprint density at radius 3 is 1.42 bits per heavy atom. The first-order valence-electron chi connectivity index (χ1n) is 15.3. The molecule has 0 bridgehead atoms. The van der Waals surface area contributed by atoms with Crippen molar-refractivity contribution in [3.05, 3.63) is 10.4 Å². The van der Waals surface area contributed by atoms with Gasteiger partial charge in [0.05, 0.1) is 6.61 Å². The van der Waals surface area contributed by atoms with Crippen molar-refractivity contribution < 1.29 is 85.7 Å². The molecule has 0 aromatic carbocycles. The van der Waals surface area contributed by atoms with Crippen molar-refractivity contribution in [2.24, 2.45) is 5.11 Å². The van der Waals surface area contributed by atoms with Crippen LogP contribution < -0.4 is 0 Å². The van der Waals surface area contributed by atoms with Gasteiger partial charge in [0.1, 0.15) is 31.5 Å². The summed E-state index contributed by atoms with van der Waals surface area (Å²) in [5, 5.41) is 3.41. The van der Waals surface area contributed by atoms with Gasteiger partial charge in [0, 0.05) is 59.9 Å². The van der Waals surface area contributed by atoms with E-state index in [1.165, 1.54) is 0 Å². The summed E-state index contributed by atoms with van der Waals surface area (Å²) >= 11 is 0. The maximum atomic E-state index is 12.4. The zero-order valence-corrected chi connectivity index (χ0v) is 28.5. The molecule has 0 radical (unpaired) electrons. The van der Waals surface area contributed by atoms with Crippen molar-refractivity contribution in [2.75, 3.05) is 26.4 Å². The van der Waals surface area contributed by atoms with E-state index in [1.807, 2.05) is 0 Å². The van der Waals surface area contributed by atoms with Crippen LogP contribution in [-0.4, -0.2) is 130 Å². The van der Waals surface area contributed by atoms with Crippen LogP contribution >= 0.6 is 0 Å². The fourth-order valence-corrected chi connectivity index (χ4v) is 4.99. The maximum absolute atomic E-state index is 12.4. The fraction of sp³-hybridized carbons (Fsp3) is 0.759. The van der Waals surface area contributed by atoms with E-state index >= 15 is 0 Å². The summed E-state index contributed by atoms with van der Waals surface area (Å²) in [6.07, 6.45) is -15.4. The number of hydrogen-bond acceptors (Lipinski definition) is 19. The molecule has 2 aliphatic heterocycles. The highest BCUT2D eigenvalue weighted by molar-refractivity contribution is 5.69. The van der Waals surface area contributed by atoms with E-state index in [1.54, 1.807) is 0 Å². The molecule has 2 fully saturated rings. The molecule has 0 saturated carbocycles. The van der Waals surface area contributed by atoms with E-state index in [-0.39, 0.29) is 19.6 Å². The van der Waals surface area contributed by atoms with Crippen molar-refractivity contribution in [1.29, 1.82) is 0 Å². The zero-order valence-electron chi connectivity index (χ0n) is 28.5. The third-order valence-electron chi connectivity index (χ3n) is 6.63. The summed E-state index contributed by atoms with van der Waals surface area (Å²) in [6, 6.07) is 0. The van der Waals surface area contributed by atoms with Gasteiger partial charge in [-0.2, -0.15) is 0 Å². The highest BCUT2D eigenvalue weighted by Gasteiger charge is 2.57. The van der Waals surface area contributed by atoms with Crippen LogP contribution in [0, 0.1) is 0 Å². The Morgan fingerprint density at radius 1 is 0.560 bits per heavy atom. The Balaban J connectivity index is 2.69. The molecule has 2 saturated heterocycles. The molecule has 0 N–H and O–H groups in total. The van der Waals surface area contributed by atoms with E-state index in [0.29, 0.717) is 0 Å². The van der Waals surface area contributed by atoms with Crippen LogP contribution in [0.1, 0.15) is 54.9 Å². The number of esters is 7. The molecular weight excluding hydrogens is 678 g/mol. The fourth-order valence-electron chi connectivity index (χ4n) is 4.99. The van der Waals surface area contributed by atoms with Crippen molar-refractivity contribution in [2.45, 2.75) is 116 Å². The maximum Gasteiger partial charge on any atom is 0.303 e. The summed E-state index contributed by atoms with van der Waals surface area (Å²) in [5.74, 6) is -5.96. The van der Waals surface area contributed by atoms with Crippen LogP contribution in [0.3, 0.4) is 0 Å². The van der Waals surface area contributed by atoms with E-state index in [2.05, 4.69) is 10.0 Å². The van der Waals surface area contributed by atoms with E-state index in [9.17, 15) is 33.6 Å². The predicted molar refractivity (Wildman–Crippen MR) is 158 cm³/mol. The zero-order chi connectivity index (χ0) is 37.5. The van der Waals surface area contributed by atoms with Crippen molar-refractivity contribution in [3.8, 4) is 0 Å². The van der Waals surface area contributed by atoms with Gasteiger partial charge in [0.2, 0.25) is 0 Å². The number of ether oxygens (including phenoxy) is 11. The summed E-state index contributed by atoms with van der Waals surface area (Å²) in [5.41, 5.74) is 8.55. The summed E-state index contributed by atoms with van der Waals surface area (Å²) < 4.78 is 61.6. The number of azide groups is 1. The molecule has 0 amide bonds. The van der Waals surface area contributed by atoms with Gasteiger partial charge in [-0.25, -0.2) is 0 Å². The third-order valence-corrected chi connectivity index (χ3v) is 6.63. The second-order valence-corrected chi connectivity index (χ2v) is 10.8. The van der Waals surface area contributed by atoms with Crippen LogP contribution in [0.25, 0.3) is 10.4 Å². The number of carbonyl (C=O) groups excluding carboxylic acids is 7. The Morgan fingerprint density at radius 2 is 0.960 bits per heavy atom. The predicted octanol–water partition coefficient (Wildman–Crippen LogP) is 0.323. The third kappa shape index (κ3) is 13.4. The molecule has 21 nitrogen and oxygen atoms in total. The molecule has 10 atom stereocenters. The standard InChI is InChI=1S/C29H41N3O18/c1-13(33)41-11-20-22(43-15(3)35)24(44-16(4)36)27(47-19(7)39)29(49-20)50-23-21(12-42-14(2)34)48-28(40-10-8-9-31-32-30)26(46-18(6)38)25(23)45-17(5)37/h20-29H,8-12H2,1-7H3/t20-,21-,22+,23+,24+,25+,26-,27-,28-,29-/m1/s1. The van der Waals surface area contributed by atoms with Gasteiger partial charge in [-0.05, 0) is 12.0 Å². The molecule has 21 heteroatoms. The van der Waals surface area contributed by atoms with Crippen LogP contribution in [0.5, 0.6) is 0 Å². The second kappa shape index (κ2) is 20.2. The average molecular weight is 720 g/mol. The normalized spacial score (nSPS) is 28.9. The number of nitrogens with zero attached hydrogens (tertiary/aromatic N) is 3. The molecule has 0 spiro atoms. The molecule has 0 aromatic rings. The first-order chi connectivity index (χ1) is 23.5. The minimum atomic E-state index is -1.80.